The van der Waals surface area contributed by atoms with E-state index >= 15 is 0 Å². The molecule has 4 heteroatoms. The molecule has 0 saturated carbocycles. The minimum atomic E-state index is 0.323. The molecule has 0 spiro atoms. The SMILES string of the molecule is CC1OCCC1NCc1nc2ccccc2s1. The van der Waals surface area contributed by atoms with Crippen LogP contribution in [-0.2, 0) is 11.3 Å². The van der Waals surface area contributed by atoms with Crippen LogP contribution in [0.2, 0.25) is 0 Å². The van der Waals surface area contributed by atoms with Gasteiger partial charge in [-0.2, -0.15) is 0 Å². The van der Waals surface area contributed by atoms with Gasteiger partial charge in [-0.05, 0) is 25.5 Å². The molecule has 0 bridgehead atoms. The van der Waals surface area contributed by atoms with Crippen molar-refractivity contribution in [1.29, 1.82) is 0 Å². The largest absolute Gasteiger partial charge is 0.377 e. The molecule has 2 atom stereocenters. The summed E-state index contributed by atoms with van der Waals surface area (Å²) in [5.74, 6) is 0. The van der Waals surface area contributed by atoms with Gasteiger partial charge in [-0.15, -0.1) is 11.3 Å². The molecule has 0 amide bonds. The minimum Gasteiger partial charge on any atom is -0.377 e. The van der Waals surface area contributed by atoms with Crippen molar-refractivity contribution in [3.63, 3.8) is 0 Å². The van der Waals surface area contributed by atoms with Crippen LogP contribution in [0.4, 0.5) is 0 Å². The van der Waals surface area contributed by atoms with Crippen LogP contribution in [0, 0.1) is 0 Å². The molecule has 0 aliphatic carbocycles. The zero-order valence-corrected chi connectivity index (χ0v) is 10.7. The van der Waals surface area contributed by atoms with Crippen molar-refractivity contribution >= 4 is 21.6 Å². The lowest BCUT2D eigenvalue weighted by molar-refractivity contribution is 0.113. The van der Waals surface area contributed by atoms with E-state index < -0.39 is 0 Å². The molecule has 1 aliphatic heterocycles. The maximum atomic E-state index is 5.53. The number of nitrogens with one attached hydrogen (secondary N) is 1. The van der Waals surface area contributed by atoms with E-state index in [4.69, 9.17) is 4.74 Å². The molecular formula is C13H16N2OS. The van der Waals surface area contributed by atoms with E-state index in [1.165, 1.54) is 4.70 Å². The Bertz CT molecular complexity index is 478. The second-order valence-corrected chi connectivity index (χ2v) is 5.54. The molecule has 1 N–H and O–H groups in total. The summed E-state index contributed by atoms with van der Waals surface area (Å²) in [5.41, 5.74) is 1.10. The lowest BCUT2D eigenvalue weighted by Crippen LogP contribution is -2.34. The number of benzene rings is 1. The van der Waals surface area contributed by atoms with Crippen LogP contribution in [0.5, 0.6) is 0 Å². The molecule has 17 heavy (non-hydrogen) atoms. The molecule has 3 rings (SSSR count). The van der Waals surface area contributed by atoms with Crippen molar-refractivity contribution in [3.8, 4) is 0 Å². The van der Waals surface area contributed by atoms with Gasteiger partial charge >= 0.3 is 0 Å². The van der Waals surface area contributed by atoms with Crippen LogP contribution in [-0.4, -0.2) is 23.7 Å². The minimum absolute atomic E-state index is 0.323. The van der Waals surface area contributed by atoms with E-state index in [0.29, 0.717) is 12.1 Å². The summed E-state index contributed by atoms with van der Waals surface area (Å²) in [6.07, 6.45) is 1.43. The molecule has 3 nitrogen and oxygen atoms in total. The van der Waals surface area contributed by atoms with Crippen molar-refractivity contribution in [2.45, 2.75) is 32.0 Å². The molecule has 1 aromatic heterocycles. The molecule has 1 aromatic carbocycles. The van der Waals surface area contributed by atoms with E-state index in [9.17, 15) is 0 Å². The van der Waals surface area contributed by atoms with E-state index in [2.05, 4.69) is 35.4 Å². The average molecular weight is 248 g/mol. The fourth-order valence-corrected chi connectivity index (χ4v) is 3.13. The molecular weight excluding hydrogens is 232 g/mol. The van der Waals surface area contributed by atoms with Gasteiger partial charge in [-0.3, -0.25) is 0 Å². The Hall–Kier alpha value is -0.970. The zero-order valence-electron chi connectivity index (χ0n) is 9.85. The molecule has 90 valence electrons. The number of thiazole rings is 1. The maximum Gasteiger partial charge on any atom is 0.108 e. The Morgan fingerprint density at radius 1 is 1.47 bits per heavy atom. The average Bonchev–Trinajstić information content (AvgIpc) is 2.92. The molecule has 1 aliphatic rings. The normalized spacial score (nSPS) is 24.5. The van der Waals surface area contributed by atoms with Gasteiger partial charge < -0.3 is 10.1 Å². The van der Waals surface area contributed by atoms with Gasteiger partial charge in [0.05, 0.1) is 16.3 Å². The number of para-hydroxylation sites is 1. The lowest BCUT2D eigenvalue weighted by atomic mass is 10.1. The summed E-state index contributed by atoms with van der Waals surface area (Å²) >= 11 is 1.77. The van der Waals surface area contributed by atoms with Crippen molar-refractivity contribution in [3.05, 3.63) is 29.3 Å². The van der Waals surface area contributed by atoms with E-state index in [-0.39, 0.29) is 0 Å². The lowest BCUT2D eigenvalue weighted by Gasteiger charge is -2.14. The number of fused-ring (bicyclic) bond motifs is 1. The number of ether oxygens (including phenoxy) is 1. The predicted octanol–water partition coefficient (Wildman–Crippen LogP) is 2.56. The Balaban J connectivity index is 1.68. The standard InChI is InChI=1S/C13H16N2OS/c1-9-10(6-7-16-9)14-8-13-15-11-4-2-3-5-12(11)17-13/h2-5,9-10,14H,6-8H2,1H3. The smallest absolute Gasteiger partial charge is 0.108 e. The van der Waals surface area contributed by atoms with Crippen molar-refractivity contribution in [1.82, 2.24) is 10.3 Å². The fraction of sp³-hybridized carbons (Fsp3) is 0.462. The van der Waals surface area contributed by atoms with Crippen LogP contribution in [0.3, 0.4) is 0 Å². The van der Waals surface area contributed by atoms with Crippen molar-refractivity contribution in [2.24, 2.45) is 0 Å². The quantitative estimate of drug-likeness (QED) is 0.906. The van der Waals surface area contributed by atoms with Gasteiger partial charge in [0.2, 0.25) is 0 Å². The molecule has 1 fully saturated rings. The van der Waals surface area contributed by atoms with Crippen LogP contribution in [0.25, 0.3) is 10.2 Å². The third-order valence-electron chi connectivity index (χ3n) is 3.23. The van der Waals surface area contributed by atoms with Crippen LogP contribution < -0.4 is 5.32 Å². The zero-order chi connectivity index (χ0) is 11.7. The van der Waals surface area contributed by atoms with E-state index in [1.807, 2.05) is 6.07 Å². The highest BCUT2D eigenvalue weighted by molar-refractivity contribution is 7.18. The Morgan fingerprint density at radius 2 is 2.35 bits per heavy atom. The van der Waals surface area contributed by atoms with Crippen LogP contribution in [0.1, 0.15) is 18.4 Å². The van der Waals surface area contributed by atoms with E-state index in [0.717, 1.165) is 30.1 Å². The monoisotopic (exact) mass is 248 g/mol. The first-order chi connectivity index (χ1) is 8.33. The molecule has 2 heterocycles. The summed E-state index contributed by atoms with van der Waals surface area (Å²) < 4.78 is 6.80. The summed E-state index contributed by atoms with van der Waals surface area (Å²) in [7, 11) is 0. The molecule has 2 aromatic rings. The Labute approximate surface area is 105 Å². The van der Waals surface area contributed by atoms with Crippen molar-refractivity contribution < 1.29 is 4.74 Å². The first-order valence-corrected chi connectivity index (χ1v) is 6.84. The van der Waals surface area contributed by atoms with Gasteiger partial charge in [0.25, 0.3) is 0 Å². The number of rotatable bonds is 3. The molecule has 0 radical (unpaired) electrons. The van der Waals surface area contributed by atoms with Gasteiger partial charge in [0.1, 0.15) is 5.01 Å². The first-order valence-electron chi connectivity index (χ1n) is 6.02. The summed E-state index contributed by atoms with van der Waals surface area (Å²) in [6, 6.07) is 8.76. The third kappa shape index (κ3) is 2.34. The third-order valence-corrected chi connectivity index (χ3v) is 4.27. The molecule has 1 saturated heterocycles. The summed E-state index contributed by atoms with van der Waals surface area (Å²) in [5, 5.41) is 4.69. The second-order valence-electron chi connectivity index (χ2n) is 4.43. The highest BCUT2D eigenvalue weighted by Crippen LogP contribution is 2.22. The fourth-order valence-electron chi connectivity index (χ4n) is 2.21. The maximum absolute atomic E-state index is 5.53. The Morgan fingerprint density at radius 3 is 3.12 bits per heavy atom. The van der Waals surface area contributed by atoms with Crippen molar-refractivity contribution in [2.75, 3.05) is 6.61 Å². The highest BCUT2D eigenvalue weighted by Gasteiger charge is 2.23. The van der Waals surface area contributed by atoms with Crippen LogP contribution in [0.15, 0.2) is 24.3 Å². The van der Waals surface area contributed by atoms with E-state index in [1.54, 1.807) is 11.3 Å². The summed E-state index contributed by atoms with van der Waals surface area (Å²) in [6.45, 7) is 3.85. The number of aromatic nitrogens is 1. The number of hydrogen-bond acceptors (Lipinski definition) is 4. The van der Waals surface area contributed by atoms with Crippen LogP contribution >= 0.6 is 11.3 Å². The number of hydrogen-bond donors (Lipinski definition) is 1. The topological polar surface area (TPSA) is 34.1 Å². The first kappa shape index (κ1) is 11.1. The van der Waals surface area contributed by atoms with Gasteiger partial charge in [0.15, 0.2) is 0 Å². The summed E-state index contributed by atoms with van der Waals surface area (Å²) in [4.78, 5) is 4.61. The molecule has 2 unspecified atom stereocenters. The van der Waals surface area contributed by atoms with Gasteiger partial charge in [-0.25, -0.2) is 4.98 Å². The number of nitrogens with zero attached hydrogens (tertiary/aromatic N) is 1. The second kappa shape index (κ2) is 4.72. The van der Waals surface area contributed by atoms with Gasteiger partial charge in [0, 0.05) is 19.2 Å². The van der Waals surface area contributed by atoms with Gasteiger partial charge in [-0.1, -0.05) is 12.1 Å². The predicted molar refractivity (Wildman–Crippen MR) is 70.3 cm³/mol. The highest BCUT2D eigenvalue weighted by atomic mass is 32.1. The Kier molecular flexibility index (Phi) is 3.09.